The highest BCUT2D eigenvalue weighted by Gasteiger charge is 2.48. The molecule has 0 saturated carbocycles. The van der Waals surface area contributed by atoms with E-state index in [9.17, 15) is 14.7 Å². The molecule has 1 unspecified atom stereocenters. The Kier molecular flexibility index (Phi) is 5.79. The number of carboxylic acids is 1. The molecule has 1 rings (SSSR count). The number of carboxylic acid groups (broad SMARTS) is 1. The predicted molar refractivity (Wildman–Crippen MR) is 71.8 cm³/mol. The van der Waals surface area contributed by atoms with E-state index in [4.69, 9.17) is 4.74 Å². The number of ether oxygens (including phenoxy) is 1. The summed E-state index contributed by atoms with van der Waals surface area (Å²) in [5, 5.41) is 9.42. The second kappa shape index (κ2) is 6.89. The molecule has 1 heterocycles. The summed E-state index contributed by atoms with van der Waals surface area (Å²) in [5.41, 5.74) is -0.778. The van der Waals surface area contributed by atoms with Crippen LogP contribution in [0.1, 0.15) is 40.0 Å². The van der Waals surface area contributed by atoms with Gasteiger partial charge in [-0.3, -0.25) is 9.59 Å². The molecule has 0 spiro atoms. The Hall–Kier alpha value is -1.10. The lowest BCUT2D eigenvalue weighted by atomic mass is 9.76. The van der Waals surface area contributed by atoms with Crippen molar-refractivity contribution in [2.75, 3.05) is 26.3 Å². The van der Waals surface area contributed by atoms with Crippen LogP contribution in [0.4, 0.5) is 0 Å². The van der Waals surface area contributed by atoms with Crippen LogP contribution >= 0.6 is 0 Å². The Morgan fingerprint density at radius 3 is 2.53 bits per heavy atom. The molecule has 1 aliphatic heterocycles. The van der Waals surface area contributed by atoms with E-state index < -0.39 is 11.4 Å². The summed E-state index contributed by atoms with van der Waals surface area (Å²) in [6.45, 7) is 7.79. The average molecular weight is 271 g/mol. The van der Waals surface area contributed by atoms with Crippen LogP contribution in [0.2, 0.25) is 0 Å². The fourth-order valence-electron chi connectivity index (χ4n) is 2.50. The summed E-state index contributed by atoms with van der Waals surface area (Å²) in [6, 6.07) is 0. The summed E-state index contributed by atoms with van der Waals surface area (Å²) >= 11 is 0. The molecule has 1 aliphatic rings. The second-order valence-corrected chi connectivity index (χ2v) is 5.54. The number of carbonyl (C=O) groups excluding carboxylic acids is 1. The van der Waals surface area contributed by atoms with Gasteiger partial charge in [0, 0.05) is 19.7 Å². The van der Waals surface area contributed by atoms with E-state index in [1.807, 2.05) is 20.8 Å². The first kappa shape index (κ1) is 16.0. The molecule has 5 nitrogen and oxygen atoms in total. The topological polar surface area (TPSA) is 66.8 Å². The van der Waals surface area contributed by atoms with E-state index in [0.29, 0.717) is 39.1 Å². The highest BCUT2D eigenvalue weighted by atomic mass is 16.5. The molecule has 0 radical (unpaired) electrons. The van der Waals surface area contributed by atoms with Crippen molar-refractivity contribution < 1.29 is 19.4 Å². The van der Waals surface area contributed by atoms with Crippen molar-refractivity contribution in [2.45, 2.75) is 40.0 Å². The number of nitrogens with zero attached hydrogens (tertiary/aromatic N) is 1. The van der Waals surface area contributed by atoms with Crippen LogP contribution < -0.4 is 0 Å². The molecule has 0 aromatic rings. The van der Waals surface area contributed by atoms with E-state index >= 15 is 0 Å². The zero-order chi connectivity index (χ0) is 14.5. The SMILES string of the molecule is CCCOCCC(=O)N1CCC(C(=O)O)(C(C)C)C1. The summed E-state index contributed by atoms with van der Waals surface area (Å²) in [4.78, 5) is 25.1. The van der Waals surface area contributed by atoms with Gasteiger partial charge >= 0.3 is 5.97 Å². The van der Waals surface area contributed by atoms with Crippen molar-refractivity contribution in [1.29, 1.82) is 0 Å². The van der Waals surface area contributed by atoms with Gasteiger partial charge in [-0.1, -0.05) is 20.8 Å². The van der Waals surface area contributed by atoms with Crippen molar-refractivity contribution in [2.24, 2.45) is 11.3 Å². The third kappa shape index (κ3) is 3.69. The van der Waals surface area contributed by atoms with Crippen LogP contribution in [0, 0.1) is 11.3 Å². The van der Waals surface area contributed by atoms with Crippen molar-refractivity contribution in [1.82, 2.24) is 4.90 Å². The van der Waals surface area contributed by atoms with Gasteiger partial charge in [-0.25, -0.2) is 0 Å². The summed E-state index contributed by atoms with van der Waals surface area (Å²) < 4.78 is 5.30. The molecule has 0 aromatic heterocycles. The standard InChI is InChI=1S/C14H25NO4/c1-4-8-19-9-5-12(16)15-7-6-14(10-15,11(2)3)13(17)18/h11H,4-10H2,1-3H3,(H,17,18). The van der Waals surface area contributed by atoms with Crippen molar-refractivity contribution in [3.63, 3.8) is 0 Å². The van der Waals surface area contributed by atoms with Crippen molar-refractivity contribution in [3.05, 3.63) is 0 Å². The van der Waals surface area contributed by atoms with Crippen molar-refractivity contribution in [3.8, 4) is 0 Å². The number of likely N-dealkylation sites (tertiary alicyclic amines) is 1. The molecular formula is C14H25NO4. The van der Waals surface area contributed by atoms with Gasteiger partial charge in [0.05, 0.1) is 18.4 Å². The maximum absolute atomic E-state index is 12.0. The molecule has 1 N–H and O–H groups in total. The Morgan fingerprint density at radius 2 is 2.05 bits per heavy atom. The van der Waals surface area contributed by atoms with E-state index in [-0.39, 0.29) is 11.8 Å². The molecule has 1 amide bonds. The third-order valence-corrected chi connectivity index (χ3v) is 3.99. The minimum atomic E-state index is -0.792. The normalized spacial score (nSPS) is 23.1. The predicted octanol–water partition coefficient (Wildman–Crippen LogP) is 1.76. The third-order valence-electron chi connectivity index (χ3n) is 3.99. The fourth-order valence-corrected chi connectivity index (χ4v) is 2.50. The molecule has 0 aromatic carbocycles. The molecule has 0 bridgehead atoms. The van der Waals surface area contributed by atoms with Gasteiger partial charge in [-0.05, 0) is 18.8 Å². The average Bonchev–Trinajstić information content (AvgIpc) is 2.81. The molecule has 5 heteroatoms. The van der Waals surface area contributed by atoms with Crippen LogP contribution in [0.3, 0.4) is 0 Å². The quantitative estimate of drug-likeness (QED) is 0.716. The number of aliphatic carboxylic acids is 1. The number of hydrogen-bond acceptors (Lipinski definition) is 3. The highest BCUT2D eigenvalue weighted by Crippen LogP contribution is 2.38. The molecule has 1 fully saturated rings. The van der Waals surface area contributed by atoms with Crippen LogP contribution in [-0.2, 0) is 14.3 Å². The zero-order valence-electron chi connectivity index (χ0n) is 12.1. The lowest BCUT2D eigenvalue weighted by Crippen LogP contribution is -2.40. The van der Waals surface area contributed by atoms with Gasteiger partial charge in [0.2, 0.25) is 5.91 Å². The first-order valence-electron chi connectivity index (χ1n) is 7.03. The largest absolute Gasteiger partial charge is 0.481 e. The Morgan fingerprint density at radius 1 is 1.37 bits per heavy atom. The number of rotatable bonds is 7. The zero-order valence-corrected chi connectivity index (χ0v) is 12.1. The minimum absolute atomic E-state index is 0.000113. The molecule has 19 heavy (non-hydrogen) atoms. The van der Waals surface area contributed by atoms with Gasteiger partial charge in [0.25, 0.3) is 0 Å². The van der Waals surface area contributed by atoms with E-state index in [2.05, 4.69) is 0 Å². The summed E-state index contributed by atoms with van der Waals surface area (Å²) in [7, 11) is 0. The molecule has 0 aliphatic carbocycles. The van der Waals surface area contributed by atoms with E-state index in [1.54, 1.807) is 4.90 Å². The smallest absolute Gasteiger partial charge is 0.311 e. The van der Waals surface area contributed by atoms with Gasteiger partial charge in [0.1, 0.15) is 0 Å². The molecule has 1 saturated heterocycles. The van der Waals surface area contributed by atoms with E-state index in [1.165, 1.54) is 0 Å². The Labute approximate surface area is 114 Å². The first-order valence-corrected chi connectivity index (χ1v) is 7.03. The van der Waals surface area contributed by atoms with Gasteiger partial charge in [-0.15, -0.1) is 0 Å². The first-order chi connectivity index (χ1) is 8.94. The van der Waals surface area contributed by atoms with E-state index in [0.717, 1.165) is 6.42 Å². The summed E-state index contributed by atoms with van der Waals surface area (Å²) in [6.07, 6.45) is 1.82. The fraction of sp³-hybridized carbons (Fsp3) is 0.857. The van der Waals surface area contributed by atoms with Crippen LogP contribution in [0.5, 0.6) is 0 Å². The molecule has 1 atom stereocenters. The van der Waals surface area contributed by atoms with Gasteiger partial charge in [-0.2, -0.15) is 0 Å². The lowest BCUT2D eigenvalue weighted by molar-refractivity contribution is -0.151. The van der Waals surface area contributed by atoms with Crippen molar-refractivity contribution >= 4 is 11.9 Å². The lowest BCUT2D eigenvalue weighted by Gasteiger charge is -2.28. The number of amides is 1. The maximum Gasteiger partial charge on any atom is 0.311 e. The summed E-state index contributed by atoms with van der Waals surface area (Å²) in [5.74, 6) is -0.765. The minimum Gasteiger partial charge on any atom is -0.481 e. The Bertz CT molecular complexity index is 329. The molecule has 110 valence electrons. The number of carbonyl (C=O) groups is 2. The Balaban J connectivity index is 2.50. The van der Waals surface area contributed by atoms with Crippen LogP contribution in [0.25, 0.3) is 0 Å². The van der Waals surface area contributed by atoms with Gasteiger partial charge < -0.3 is 14.7 Å². The highest BCUT2D eigenvalue weighted by molar-refractivity contribution is 5.80. The monoisotopic (exact) mass is 271 g/mol. The molecular weight excluding hydrogens is 246 g/mol. The second-order valence-electron chi connectivity index (χ2n) is 5.54. The van der Waals surface area contributed by atoms with Crippen LogP contribution in [-0.4, -0.2) is 48.2 Å². The van der Waals surface area contributed by atoms with Crippen LogP contribution in [0.15, 0.2) is 0 Å². The number of hydrogen-bond donors (Lipinski definition) is 1. The maximum atomic E-state index is 12.0. The van der Waals surface area contributed by atoms with Gasteiger partial charge in [0.15, 0.2) is 0 Å².